The van der Waals surface area contributed by atoms with E-state index in [1.165, 1.54) is 0 Å². The lowest BCUT2D eigenvalue weighted by Gasteiger charge is -2.41. The predicted molar refractivity (Wildman–Crippen MR) is 123 cm³/mol. The van der Waals surface area contributed by atoms with E-state index in [9.17, 15) is 14.4 Å². The van der Waals surface area contributed by atoms with Crippen molar-refractivity contribution in [3.05, 3.63) is 36.0 Å². The van der Waals surface area contributed by atoms with Crippen LogP contribution in [0, 0.1) is 0 Å². The van der Waals surface area contributed by atoms with Gasteiger partial charge in [0.1, 0.15) is 5.54 Å². The van der Waals surface area contributed by atoms with Gasteiger partial charge in [-0.15, -0.1) is 0 Å². The minimum absolute atomic E-state index is 0.0401. The maximum Gasteiger partial charge on any atom is 0.245 e. The first kappa shape index (κ1) is 22.0. The molecule has 4 rings (SSSR count). The summed E-state index contributed by atoms with van der Waals surface area (Å²) in [4.78, 5) is 46.0. The summed E-state index contributed by atoms with van der Waals surface area (Å²) in [6.45, 7) is 5.60. The lowest BCUT2D eigenvalue weighted by atomic mass is 9.92. The summed E-state index contributed by atoms with van der Waals surface area (Å²) in [6, 6.07) is 9.83. The number of nitrogens with zero attached hydrogens (tertiary/aromatic N) is 3. The molecule has 0 saturated carbocycles. The number of hydrogen-bond acceptors (Lipinski definition) is 5. The number of rotatable bonds is 4. The summed E-state index contributed by atoms with van der Waals surface area (Å²) in [7, 11) is 0. The molecule has 1 aromatic heterocycles. The van der Waals surface area contributed by atoms with Crippen LogP contribution in [0.25, 0.3) is 10.9 Å². The number of piperazine rings is 1. The van der Waals surface area contributed by atoms with E-state index in [2.05, 4.69) is 5.32 Å². The third-order valence-corrected chi connectivity index (χ3v) is 6.65. The van der Waals surface area contributed by atoms with Gasteiger partial charge in [0.05, 0.1) is 16.9 Å². The second kappa shape index (κ2) is 8.76. The van der Waals surface area contributed by atoms with Crippen LogP contribution in [0.4, 0.5) is 5.69 Å². The number of likely N-dealkylation sites (tertiary alicyclic amines) is 1. The van der Waals surface area contributed by atoms with E-state index in [4.69, 9.17) is 10.7 Å². The Morgan fingerprint density at radius 3 is 2.75 bits per heavy atom. The maximum atomic E-state index is 12.9. The van der Waals surface area contributed by atoms with Crippen LogP contribution in [0.2, 0.25) is 0 Å². The first-order valence-electron chi connectivity index (χ1n) is 11.3. The number of pyridine rings is 1. The standard InChI is InChI=1S/C24H31N5O3/c1-24(2)23(32)26-11-13-29(24)21(31)10-9-20(30)28-12-5-7-17(15-28)22-18(25)14-16-6-3-4-8-19(16)27-22/h3-4,6,8,14,17H,5,7,9-13,15,25H2,1-2H3,(H,26,32)/t17-/m1/s1. The normalized spacial score (nSPS) is 20.8. The zero-order valence-electron chi connectivity index (χ0n) is 18.8. The number of benzene rings is 1. The van der Waals surface area contributed by atoms with Crippen molar-refractivity contribution in [1.29, 1.82) is 0 Å². The third-order valence-electron chi connectivity index (χ3n) is 6.65. The smallest absolute Gasteiger partial charge is 0.245 e. The van der Waals surface area contributed by atoms with E-state index < -0.39 is 5.54 Å². The lowest BCUT2D eigenvalue weighted by molar-refractivity contribution is -0.150. The fourth-order valence-electron chi connectivity index (χ4n) is 4.74. The fraction of sp³-hybridized carbons (Fsp3) is 0.500. The topological polar surface area (TPSA) is 109 Å². The van der Waals surface area contributed by atoms with Gasteiger partial charge in [0.15, 0.2) is 0 Å². The molecule has 32 heavy (non-hydrogen) atoms. The summed E-state index contributed by atoms with van der Waals surface area (Å²) in [6.07, 6.45) is 2.04. The minimum Gasteiger partial charge on any atom is -0.397 e. The zero-order valence-corrected chi connectivity index (χ0v) is 18.8. The first-order chi connectivity index (χ1) is 15.3. The van der Waals surface area contributed by atoms with E-state index >= 15 is 0 Å². The number of nitrogens with one attached hydrogen (secondary N) is 1. The summed E-state index contributed by atoms with van der Waals surface area (Å²) in [5.74, 6) is -0.283. The number of fused-ring (bicyclic) bond motifs is 1. The average molecular weight is 438 g/mol. The molecule has 8 nitrogen and oxygen atoms in total. The van der Waals surface area contributed by atoms with Crippen LogP contribution in [-0.2, 0) is 14.4 Å². The maximum absolute atomic E-state index is 12.9. The number of hydrogen-bond donors (Lipinski definition) is 2. The van der Waals surface area contributed by atoms with Crippen LogP contribution >= 0.6 is 0 Å². The second-order valence-electron chi connectivity index (χ2n) is 9.19. The molecule has 2 aromatic rings. The van der Waals surface area contributed by atoms with Gasteiger partial charge in [-0.2, -0.15) is 0 Å². The summed E-state index contributed by atoms with van der Waals surface area (Å²) in [5.41, 5.74) is 7.82. The predicted octanol–water partition coefficient (Wildman–Crippen LogP) is 2.04. The molecule has 0 unspecified atom stereocenters. The first-order valence-corrected chi connectivity index (χ1v) is 11.3. The van der Waals surface area contributed by atoms with Crippen LogP contribution in [0.5, 0.6) is 0 Å². The van der Waals surface area contributed by atoms with Gasteiger partial charge in [0.25, 0.3) is 0 Å². The van der Waals surface area contributed by atoms with Crippen molar-refractivity contribution in [2.75, 3.05) is 31.9 Å². The molecule has 8 heteroatoms. The molecule has 1 atom stereocenters. The summed E-state index contributed by atoms with van der Waals surface area (Å²) < 4.78 is 0. The van der Waals surface area contributed by atoms with Gasteiger partial charge in [-0.3, -0.25) is 19.4 Å². The molecule has 2 aliphatic rings. The second-order valence-corrected chi connectivity index (χ2v) is 9.19. The number of anilines is 1. The Bertz CT molecular complexity index is 1050. The van der Waals surface area contributed by atoms with Gasteiger partial charge in [-0.1, -0.05) is 18.2 Å². The molecular formula is C24H31N5O3. The highest BCUT2D eigenvalue weighted by atomic mass is 16.2. The van der Waals surface area contributed by atoms with Gasteiger partial charge >= 0.3 is 0 Å². The molecule has 170 valence electrons. The monoisotopic (exact) mass is 437 g/mol. The molecule has 1 aromatic carbocycles. The molecule has 2 fully saturated rings. The molecule has 0 aliphatic carbocycles. The van der Waals surface area contributed by atoms with Crippen molar-refractivity contribution in [3.63, 3.8) is 0 Å². The van der Waals surface area contributed by atoms with Crippen molar-refractivity contribution in [2.45, 2.75) is 51.0 Å². The minimum atomic E-state index is -0.895. The van der Waals surface area contributed by atoms with Crippen molar-refractivity contribution in [2.24, 2.45) is 0 Å². The SMILES string of the molecule is CC1(C)C(=O)NCCN1C(=O)CCC(=O)N1CCC[C@@H](c2nc3ccccc3cc2N)C1. The lowest BCUT2D eigenvalue weighted by Crippen LogP contribution is -2.63. The molecule has 3 heterocycles. The summed E-state index contributed by atoms with van der Waals surface area (Å²) in [5, 5.41) is 3.79. The van der Waals surface area contributed by atoms with Crippen LogP contribution in [0.1, 0.15) is 51.1 Å². The van der Waals surface area contributed by atoms with Crippen molar-refractivity contribution in [3.8, 4) is 0 Å². The Labute approximate surface area is 188 Å². The van der Waals surface area contributed by atoms with Crippen molar-refractivity contribution >= 4 is 34.3 Å². The number of nitrogens with two attached hydrogens (primary N) is 1. The highest BCUT2D eigenvalue weighted by Gasteiger charge is 2.40. The molecule has 3 N–H and O–H groups in total. The van der Waals surface area contributed by atoms with Gasteiger partial charge < -0.3 is 20.9 Å². The number of para-hydroxylation sites is 1. The van der Waals surface area contributed by atoms with Crippen LogP contribution in [0.3, 0.4) is 0 Å². The van der Waals surface area contributed by atoms with E-state index in [0.29, 0.717) is 31.9 Å². The molecule has 2 aliphatic heterocycles. The molecular weight excluding hydrogens is 406 g/mol. The van der Waals surface area contributed by atoms with Crippen LogP contribution in [0.15, 0.2) is 30.3 Å². The number of amides is 3. The third kappa shape index (κ3) is 4.26. The van der Waals surface area contributed by atoms with Gasteiger partial charge in [-0.05, 0) is 38.8 Å². The Morgan fingerprint density at radius 1 is 1.19 bits per heavy atom. The highest BCUT2D eigenvalue weighted by Crippen LogP contribution is 2.31. The molecule has 2 saturated heterocycles. The van der Waals surface area contributed by atoms with E-state index in [0.717, 1.165) is 29.4 Å². The number of nitrogen functional groups attached to an aromatic ring is 1. The Hall–Kier alpha value is -3.16. The molecule has 0 bridgehead atoms. The quantitative estimate of drug-likeness (QED) is 0.761. The molecule has 3 amide bonds. The Balaban J connectivity index is 1.39. The summed E-state index contributed by atoms with van der Waals surface area (Å²) >= 11 is 0. The number of carbonyl (C=O) groups excluding carboxylic acids is 3. The molecule has 0 radical (unpaired) electrons. The Morgan fingerprint density at radius 2 is 1.94 bits per heavy atom. The zero-order chi connectivity index (χ0) is 22.9. The van der Waals surface area contributed by atoms with Crippen LogP contribution in [-0.4, -0.2) is 64.2 Å². The average Bonchev–Trinajstić information content (AvgIpc) is 2.78. The van der Waals surface area contributed by atoms with Gasteiger partial charge in [0.2, 0.25) is 17.7 Å². The van der Waals surface area contributed by atoms with Crippen molar-refractivity contribution < 1.29 is 14.4 Å². The molecule has 0 spiro atoms. The van der Waals surface area contributed by atoms with E-state index in [1.807, 2.05) is 35.2 Å². The number of piperidine rings is 1. The largest absolute Gasteiger partial charge is 0.397 e. The van der Waals surface area contributed by atoms with Crippen molar-refractivity contribution in [1.82, 2.24) is 20.1 Å². The fourth-order valence-corrected chi connectivity index (χ4v) is 4.74. The number of carbonyl (C=O) groups is 3. The van der Waals surface area contributed by atoms with E-state index in [1.54, 1.807) is 18.7 Å². The van der Waals surface area contributed by atoms with Gasteiger partial charge in [0, 0.05) is 50.3 Å². The van der Waals surface area contributed by atoms with Crippen LogP contribution < -0.4 is 11.1 Å². The Kier molecular flexibility index (Phi) is 6.04. The van der Waals surface area contributed by atoms with E-state index in [-0.39, 0.29) is 36.5 Å². The highest BCUT2D eigenvalue weighted by molar-refractivity contribution is 5.93. The van der Waals surface area contributed by atoms with Gasteiger partial charge in [-0.25, -0.2) is 0 Å². The number of aromatic nitrogens is 1.